The molecule has 0 saturated carbocycles. The van der Waals surface area contributed by atoms with Gasteiger partial charge in [0.1, 0.15) is 0 Å². The van der Waals surface area contributed by atoms with Gasteiger partial charge in [-0.25, -0.2) is 0 Å². The Morgan fingerprint density at radius 2 is 2.00 bits per heavy atom. The molecule has 0 aliphatic carbocycles. The number of nitrogens with one attached hydrogen (secondary N) is 2. The first-order valence-electron chi connectivity index (χ1n) is 8.70. The van der Waals surface area contributed by atoms with Crippen molar-refractivity contribution >= 4 is 34.1 Å². The number of carbonyl (C=O) groups is 1. The molecule has 25 heavy (non-hydrogen) atoms. The van der Waals surface area contributed by atoms with E-state index in [1.165, 1.54) is 28.7 Å². The van der Waals surface area contributed by atoms with Crippen molar-refractivity contribution in [3.63, 3.8) is 0 Å². The molecule has 1 aromatic carbocycles. The summed E-state index contributed by atoms with van der Waals surface area (Å²) in [5.74, 6) is 0.355. The molecule has 2 aromatic rings. The Balaban J connectivity index is 1.76. The Kier molecular flexibility index (Phi) is 8.21. The molecule has 1 heterocycles. The summed E-state index contributed by atoms with van der Waals surface area (Å²) in [4.78, 5) is 12.1. The van der Waals surface area contributed by atoms with Crippen LogP contribution in [0.25, 0.3) is 0 Å². The number of unbranched alkanes of at least 4 members (excludes halogenated alkanes) is 1. The summed E-state index contributed by atoms with van der Waals surface area (Å²) in [6.45, 7) is 7.20. The molecule has 1 aromatic heterocycles. The van der Waals surface area contributed by atoms with E-state index in [4.69, 9.17) is 0 Å². The highest BCUT2D eigenvalue weighted by atomic mass is 32.2. The van der Waals surface area contributed by atoms with Gasteiger partial charge in [-0.15, -0.1) is 10.2 Å². The lowest BCUT2D eigenvalue weighted by Crippen LogP contribution is -2.28. The first-order chi connectivity index (χ1) is 12.1. The van der Waals surface area contributed by atoms with E-state index in [0.717, 1.165) is 40.8 Å². The average molecular weight is 379 g/mol. The van der Waals surface area contributed by atoms with Crippen LogP contribution in [-0.2, 0) is 11.2 Å². The van der Waals surface area contributed by atoms with E-state index in [-0.39, 0.29) is 11.9 Å². The van der Waals surface area contributed by atoms with Crippen LogP contribution >= 0.6 is 23.1 Å². The lowest BCUT2D eigenvalue weighted by Gasteiger charge is -2.14. The standard InChI is InChI=1S/C18H26N4OS2/c1-4-6-11-19-17-21-22-18(25-17)24-12-16(23)20-13(3)15-9-7-14(5-2)8-10-15/h7-10,13H,4-6,11-12H2,1-3H3,(H,19,21)(H,20,23). The maximum atomic E-state index is 12.1. The molecule has 0 spiro atoms. The Hall–Kier alpha value is -1.60. The molecule has 0 aliphatic heterocycles. The van der Waals surface area contributed by atoms with Gasteiger partial charge < -0.3 is 10.6 Å². The summed E-state index contributed by atoms with van der Waals surface area (Å²) < 4.78 is 0.814. The summed E-state index contributed by atoms with van der Waals surface area (Å²) in [6.07, 6.45) is 3.28. The molecule has 0 saturated heterocycles. The smallest absolute Gasteiger partial charge is 0.230 e. The molecular weight excluding hydrogens is 352 g/mol. The monoisotopic (exact) mass is 378 g/mol. The molecule has 1 unspecified atom stereocenters. The zero-order valence-corrected chi connectivity index (χ0v) is 16.7. The minimum absolute atomic E-state index is 0.000280. The van der Waals surface area contributed by atoms with E-state index in [1.807, 2.05) is 6.92 Å². The van der Waals surface area contributed by atoms with Crippen LogP contribution in [-0.4, -0.2) is 28.4 Å². The van der Waals surface area contributed by atoms with Gasteiger partial charge in [-0.3, -0.25) is 4.79 Å². The minimum atomic E-state index is -0.000280. The van der Waals surface area contributed by atoms with Crippen LogP contribution < -0.4 is 10.6 Å². The van der Waals surface area contributed by atoms with Crippen molar-refractivity contribution in [1.82, 2.24) is 15.5 Å². The second-order valence-electron chi connectivity index (χ2n) is 5.83. The van der Waals surface area contributed by atoms with Crippen LogP contribution in [0.5, 0.6) is 0 Å². The Morgan fingerprint density at radius 1 is 1.24 bits per heavy atom. The number of rotatable bonds is 10. The molecule has 0 aliphatic rings. The molecule has 5 nitrogen and oxygen atoms in total. The lowest BCUT2D eigenvalue weighted by molar-refractivity contribution is -0.119. The summed E-state index contributed by atoms with van der Waals surface area (Å²) in [7, 11) is 0. The molecule has 2 N–H and O–H groups in total. The fourth-order valence-corrected chi connectivity index (χ4v) is 3.84. The van der Waals surface area contributed by atoms with E-state index in [0.29, 0.717) is 5.75 Å². The van der Waals surface area contributed by atoms with Crippen molar-refractivity contribution in [1.29, 1.82) is 0 Å². The summed E-state index contributed by atoms with van der Waals surface area (Å²) in [5, 5.41) is 15.3. The number of nitrogens with zero attached hydrogens (tertiary/aromatic N) is 2. The molecule has 2 rings (SSSR count). The minimum Gasteiger partial charge on any atom is -0.360 e. The number of carbonyl (C=O) groups excluding carboxylic acids is 1. The molecule has 7 heteroatoms. The fourth-order valence-electron chi connectivity index (χ4n) is 2.25. The van der Waals surface area contributed by atoms with Gasteiger partial charge in [-0.1, -0.05) is 67.6 Å². The van der Waals surface area contributed by atoms with Gasteiger partial charge in [-0.2, -0.15) is 0 Å². The zero-order chi connectivity index (χ0) is 18.1. The third-order valence-corrected chi connectivity index (χ3v) is 5.82. The normalized spacial score (nSPS) is 12.0. The van der Waals surface area contributed by atoms with Gasteiger partial charge in [0.05, 0.1) is 11.8 Å². The van der Waals surface area contributed by atoms with Gasteiger partial charge >= 0.3 is 0 Å². The third-order valence-electron chi connectivity index (χ3n) is 3.81. The topological polar surface area (TPSA) is 66.9 Å². The number of aryl methyl sites for hydroxylation is 1. The van der Waals surface area contributed by atoms with Gasteiger partial charge in [0.2, 0.25) is 11.0 Å². The maximum absolute atomic E-state index is 12.1. The summed E-state index contributed by atoms with van der Waals surface area (Å²) in [6, 6.07) is 8.38. The van der Waals surface area contributed by atoms with Gasteiger partial charge in [0.15, 0.2) is 4.34 Å². The Morgan fingerprint density at radius 3 is 2.68 bits per heavy atom. The Bertz CT molecular complexity index is 657. The third kappa shape index (κ3) is 6.66. The van der Waals surface area contributed by atoms with Crippen molar-refractivity contribution in [2.75, 3.05) is 17.6 Å². The Labute approximate surface area is 158 Å². The van der Waals surface area contributed by atoms with E-state index in [1.54, 1.807) is 0 Å². The van der Waals surface area contributed by atoms with E-state index in [2.05, 4.69) is 58.9 Å². The zero-order valence-electron chi connectivity index (χ0n) is 15.0. The van der Waals surface area contributed by atoms with Crippen molar-refractivity contribution in [2.45, 2.75) is 50.4 Å². The largest absolute Gasteiger partial charge is 0.360 e. The van der Waals surface area contributed by atoms with Crippen LogP contribution in [0, 0.1) is 0 Å². The van der Waals surface area contributed by atoms with Crippen LogP contribution in [0.3, 0.4) is 0 Å². The van der Waals surface area contributed by atoms with E-state index < -0.39 is 0 Å². The number of hydrogen-bond acceptors (Lipinski definition) is 6. The highest BCUT2D eigenvalue weighted by Gasteiger charge is 2.12. The highest BCUT2D eigenvalue weighted by Crippen LogP contribution is 2.25. The van der Waals surface area contributed by atoms with E-state index in [9.17, 15) is 4.79 Å². The molecule has 0 bridgehead atoms. The number of aromatic nitrogens is 2. The summed E-state index contributed by atoms with van der Waals surface area (Å²) >= 11 is 2.92. The fraction of sp³-hybridized carbons (Fsp3) is 0.500. The van der Waals surface area contributed by atoms with Crippen molar-refractivity contribution in [3.8, 4) is 0 Å². The molecule has 136 valence electrons. The number of thioether (sulfide) groups is 1. The first-order valence-corrected chi connectivity index (χ1v) is 10.5. The summed E-state index contributed by atoms with van der Waals surface area (Å²) in [5.41, 5.74) is 2.42. The molecule has 1 atom stereocenters. The second kappa shape index (κ2) is 10.4. The number of hydrogen-bond donors (Lipinski definition) is 2. The molecule has 1 amide bonds. The van der Waals surface area contributed by atoms with Crippen molar-refractivity contribution in [2.24, 2.45) is 0 Å². The SMILES string of the molecule is CCCCNc1nnc(SCC(=O)NC(C)c2ccc(CC)cc2)s1. The average Bonchev–Trinajstić information content (AvgIpc) is 3.08. The highest BCUT2D eigenvalue weighted by molar-refractivity contribution is 8.01. The van der Waals surface area contributed by atoms with Gasteiger partial charge in [-0.05, 0) is 30.9 Å². The van der Waals surface area contributed by atoms with Crippen molar-refractivity contribution < 1.29 is 4.79 Å². The van der Waals surface area contributed by atoms with Crippen LogP contribution in [0.4, 0.5) is 5.13 Å². The lowest BCUT2D eigenvalue weighted by atomic mass is 10.1. The first kappa shape index (κ1) is 19.7. The van der Waals surface area contributed by atoms with E-state index >= 15 is 0 Å². The van der Waals surface area contributed by atoms with Crippen LogP contribution in [0.1, 0.15) is 50.8 Å². The van der Waals surface area contributed by atoms with Crippen LogP contribution in [0.2, 0.25) is 0 Å². The molecule has 0 radical (unpaired) electrons. The van der Waals surface area contributed by atoms with Gasteiger partial charge in [0, 0.05) is 6.54 Å². The van der Waals surface area contributed by atoms with Crippen LogP contribution in [0.15, 0.2) is 28.6 Å². The van der Waals surface area contributed by atoms with Gasteiger partial charge in [0.25, 0.3) is 0 Å². The second-order valence-corrected chi connectivity index (χ2v) is 8.03. The maximum Gasteiger partial charge on any atom is 0.230 e. The van der Waals surface area contributed by atoms with Crippen molar-refractivity contribution in [3.05, 3.63) is 35.4 Å². The number of benzene rings is 1. The molecule has 0 fully saturated rings. The quantitative estimate of drug-likeness (QED) is 0.477. The number of anilines is 1. The predicted molar refractivity (Wildman–Crippen MR) is 106 cm³/mol. The number of amides is 1. The molecular formula is C18H26N4OS2. The predicted octanol–water partition coefficient (Wildman–Crippen LogP) is 4.28.